The normalized spacial score (nSPS) is 39.9. The highest BCUT2D eigenvalue weighted by Crippen LogP contribution is 2.45. The van der Waals surface area contributed by atoms with Crippen molar-refractivity contribution < 1.29 is 9.84 Å². The minimum Gasteiger partial charge on any atom is -0.392 e. The van der Waals surface area contributed by atoms with E-state index in [4.69, 9.17) is 4.74 Å². The number of aliphatic hydroxyl groups excluding tert-OH is 1. The Labute approximate surface area is 148 Å². The first-order valence-electron chi connectivity index (χ1n) is 10.3. The molecule has 1 heterocycles. The van der Waals surface area contributed by atoms with E-state index in [1.807, 2.05) is 7.05 Å². The second-order valence-corrected chi connectivity index (χ2v) is 8.60. The first-order chi connectivity index (χ1) is 11.7. The van der Waals surface area contributed by atoms with Gasteiger partial charge in [-0.05, 0) is 50.5 Å². The Hall–Kier alpha value is -0.160. The van der Waals surface area contributed by atoms with Crippen LogP contribution in [0.5, 0.6) is 0 Å². The Morgan fingerprint density at radius 3 is 2.58 bits per heavy atom. The molecule has 1 saturated heterocycles. The molecular formula is C20H38N2O2. The predicted octanol–water partition coefficient (Wildman–Crippen LogP) is 2.41. The molecule has 0 spiro atoms. The standard InChI is InChI=1S/C20H38N2O2/c1-21-13-19(20(23)17-10-18(24-2)12-22-11-17)16-8-7-14-5-3-4-6-15(14)9-16/h14-23H,3-13H2,1-2H3/t14?,15?,16?,17?,18?,19-,20-/m1/s1. The first kappa shape index (κ1) is 18.6. The second kappa shape index (κ2) is 8.98. The molecule has 3 rings (SSSR count). The summed E-state index contributed by atoms with van der Waals surface area (Å²) in [7, 11) is 3.82. The quantitative estimate of drug-likeness (QED) is 0.696. The van der Waals surface area contributed by atoms with Gasteiger partial charge in [0.2, 0.25) is 0 Å². The molecule has 3 N–H and O–H groups in total. The zero-order valence-corrected chi connectivity index (χ0v) is 15.7. The van der Waals surface area contributed by atoms with Crippen LogP contribution >= 0.6 is 0 Å². The Morgan fingerprint density at radius 1 is 1.04 bits per heavy atom. The minimum atomic E-state index is -0.215. The van der Waals surface area contributed by atoms with Gasteiger partial charge in [0, 0.05) is 38.6 Å². The number of rotatable bonds is 6. The van der Waals surface area contributed by atoms with Crippen LogP contribution in [0.4, 0.5) is 0 Å². The van der Waals surface area contributed by atoms with E-state index in [0.29, 0.717) is 17.8 Å². The van der Waals surface area contributed by atoms with Gasteiger partial charge in [-0.3, -0.25) is 0 Å². The van der Waals surface area contributed by atoms with Gasteiger partial charge in [0.25, 0.3) is 0 Å². The van der Waals surface area contributed by atoms with Crippen molar-refractivity contribution in [2.24, 2.45) is 29.6 Å². The average molecular weight is 339 g/mol. The molecule has 140 valence electrons. The van der Waals surface area contributed by atoms with Gasteiger partial charge in [0.15, 0.2) is 0 Å². The molecule has 0 bridgehead atoms. The Bertz CT molecular complexity index is 377. The van der Waals surface area contributed by atoms with Crippen LogP contribution in [0.25, 0.3) is 0 Å². The van der Waals surface area contributed by atoms with Crippen LogP contribution in [0.1, 0.15) is 51.4 Å². The second-order valence-electron chi connectivity index (χ2n) is 8.60. The molecule has 0 amide bonds. The fourth-order valence-electron chi connectivity index (χ4n) is 5.82. The lowest BCUT2D eigenvalue weighted by Gasteiger charge is -2.45. The molecule has 2 saturated carbocycles. The van der Waals surface area contributed by atoms with Gasteiger partial charge in [0.1, 0.15) is 0 Å². The van der Waals surface area contributed by atoms with E-state index in [1.54, 1.807) is 7.11 Å². The Kier molecular flexibility index (Phi) is 6.97. The molecule has 0 radical (unpaired) electrons. The summed E-state index contributed by atoms with van der Waals surface area (Å²) in [6.45, 7) is 2.79. The first-order valence-corrected chi connectivity index (χ1v) is 10.3. The maximum Gasteiger partial charge on any atom is 0.0699 e. The molecule has 2 aliphatic carbocycles. The fourth-order valence-corrected chi connectivity index (χ4v) is 5.82. The highest BCUT2D eigenvalue weighted by molar-refractivity contribution is 4.92. The van der Waals surface area contributed by atoms with Crippen molar-refractivity contribution in [3.05, 3.63) is 0 Å². The van der Waals surface area contributed by atoms with Crippen molar-refractivity contribution in [1.29, 1.82) is 0 Å². The maximum absolute atomic E-state index is 11.2. The molecule has 5 unspecified atom stereocenters. The van der Waals surface area contributed by atoms with E-state index in [1.165, 1.54) is 44.9 Å². The Balaban J connectivity index is 1.62. The number of hydrogen-bond acceptors (Lipinski definition) is 4. The number of ether oxygens (including phenoxy) is 1. The van der Waals surface area contributed by atoms with Crippen LogP contribution in [0.3, 0.4) is 0 Å². The zero-order chi connectivity index (χ0) is 16.9. The van der Waals surface area contributed by atoms with Crippen LogP contribution in [-0.2, 0) is 4.74 Å². The third kappa shape index (κ3) is 4.32. The van der Waals surface area contributed by atoms with Crippen LogP contribution < -0.4 is 10.6 Å². The maximum atomic E-state index is 11.2. The highest BCUT2D eigenvalue weighted by atomic mass is 16.5. The van der Waals surface area contributed by atoms with Gasteiger partial charge < -0.3 is 20.5 Å². The summed E-state index contributed by atoms with van der Waals surface area (Å²) in [4.78, 5) is 0. The summed E-state index contributed by atoms with van der Waals surface area (Å²) in [6, 6.07) is 0. The van der Waals surface area contributed by atoms with Crippen molar-refractivity contribution in [2.45, 2.75) is 63.6 Å². The van der Waals surface area contributed by atoms with E-state index in [2.05, 4.69) is 10.6 Å². The highest BCUT2D eigenvalue weighted by Gasteiger charge is 2.40. The molecule has 7 atom stereocenters. The van der Waals surface area contributed by atoms with Crippen molar-refractivity contribution in [2.75, 3.05) is 33.8 Å². The van der Waals surface area contributed by atoms with Crippen LogP contribution in [-0.4, -0.2) is 51.1 Å². The molecule has 0 aromatic rings. The van der Waals surface area contributed by atoms with E-state index < -0.39 is 0 Å². The average Bonchev–Trinajstić information content (AvgIpc) is 2.65. The SMILES string of the molecule is CNC[C@H](C1CCC2CCCCC2C1)[C@H](O)C1CNCC(OC)C1. The molecule has 0 aromatic carbocycles. The third-order valence-electron chi connectivity index (χ3n) is 7.22. The summed E-state index contributed by atoms with van der Waals surface area (Å²) in [5, 5.41) is 18.0. The zero-order valence-electron chi connectivity index (χ0n) is 15.7. The van der Waals surface area contributed by atoms with E-state index >= 15 is 0 Å². The number of hydrogen-bond donors (Lipinski definition) is 3. The van der Waals surface area contributed by atoms with Crippen molar-refractivity contribution in [3.63, 3.8) is 0 Å². The molecule has 0 aromatic heterocycles. The monoisotopic (exact) mass is 338 g/mol. The summed E-state index contributed by atoms with van der Waals surface area (Å²) in [5.74, 6) is 3.32. The molecule has 4 nitrogen and oxygen atoms in total. The topological polar surface area (TPSA) is 53.5 Å². The van der Waals surface area contributed by atoms with E-state index in [0.717, 1.165) is 37.9 Å². The van der Waals surface area contributed by atoms with Gasteiger partial charge in [-0.2, -0.15) is 0 Å². The summed E-state index contributed by atoms with van der Waals surface area (Å²) >= 11 is 0. The minimum absolute atomic E-state index is 0.215. The van der Waals surface area contributed by atoms with Gasteiger partial charge in [-0.15, -0.1) is 0 Å². The van der Waals surface area contributed by atoms with Crippen LogP contribution in [0.15, 0.2) is 0 Å². The molecule has 3 fully saturated rings. The summed E-state index contributed by atoms with van der Waals surface area (Å²) < 4.78 is 5.54. The predicted molar refractivity (Wildman–Crippen MR) is 98.0 cm³/mol. The van der Waals surface area contributed by atoms with Crippen LogP contribution in [0, 0.1) is 29.6 Å². The number of methoxy groups -OCH3 is 1. The van der Waals surface area contributed by atoms with Gasteiger partial charge in [0.05, 0.1) is 12.2 Å². The molecular weight excluding hydrogens is 300 g/mol. The van der Waals surface area contributed by atoms with E-state index in [9.17, 15) is 5.11 Å². The lowest BCUT2D eigenvalue weighted by Crippen LogP contribution is -2.50. The fraction of sp³-hybridized carbons (Fsp3) is 1.00. The number of fused-ring (bicyclic) bond motifs is 1. The van der Waals surface area contributed by atoms with Crippen molar-refractivity contribution in [3.8, 4) is 0 Å². The number of aliphatic hydroxyl groups is 1. The van der Waals surface area contributed by atoms with Gasteiger partial charge in [-0.1, -0.05) is 25.7 Å². The lowest BCUT2D eigenvalue weighted by atomic mass is 9.63. The van der Waals surface area contributed by atoms with Gasteiger partial charge >= 0.3 is 0 Å². The van der Waals surface area contributed by atoms with Crippen LogP contribution in [0.2, 0.25) is 0 Å². The molecule has 3 aliphatic rings. The molecule has 24 heavy (non-hydrogen) atoms. The lowest BCUT2D eigenvalue weighted by molar-refractivity contribution is -0.0345. The number of piperidine rings is 1. The summed E-state index contributed by atoms with van der Waals surface area (Å²) in [5.41, 5.74) is 0. The largest absolute Gasteiger partial charge is 0.392 e. The summed E-state index contributed by atoms with van der Waals surface area (Å²) in [6.07, 6.45) is 10.8. The van der Waals surface area contributed by atoms with Gasteiger partial charge in [-0.25, -0.2) is 0 Å². The molecule has 4 heteroatoms. The van der Waals surface area contributed by atoms with Crippen molar-refractivity contribution >= 4 is 0 Å². The molecule has 1 aliphatic heterocycles. The number of nitrogens with one attached hydrogen (secondary N) is 2. The third-order valence-corrected chi connectivity index (χ3v) is 7.22. The van der Waals surface area contributed by atoms with E-state index in [-0.39, 0.29) is 12.2 Å². The Morgan fingerprint density at radius 2 is 1.83 bits per heavy atom. The smallest absolute Gasteiger partial charge is 0.0699 e. The van der Waals surface area contributed by atoms with Crippen molar-refractivity contribution in [1.82, 2.24) is 10.6 Å².